The van der Waals surface area contributed by atoms with Crippen LogP contribution in [0.25, 0.3) is 22.0 Å². The molecule has 0 radical (unpaired) electrons. The zero-order chi connectivity index (χ0) is 19.4. The molecule has 0 bridgehead atoms. The maximum absolute atomic E-state index is 11.5. The third kappa shape index (κ3) is 2.77. The highest BCUT2D eigenvalue weighted by molar-refractivity contribution is 5.95. The molecule has 3 aromatic rings. The van der Waals surface area contributed by atoms with Crippen LogP contribution in [0, 0.1) is 6.92 Å². The van der Waals surface area contributed by atoms with E-state index in [4.69, 9.17) is 5.10 Å². The number of carbonyl (C=O) groups excluding carboxylic acids is 1. The molecule has 1 unspecified atom stereocenters. The SMILES string of the molecule is Cc1ccc(-c2ccc3c(c2)c(C2CC2)nn3C)c2c1NC(C=O)C[C@@H](C)N2. The summed E-state index contributed by atoms with van der Waals surface area (Å²) in [6.07, 6.45) is 4.27. The Hall–Kier alpha value is -2.82. The number of hydrogen-bond acceptors (Lipinski definition) is 4. The molecule has 2 atom stereocenters. The molecule has 1 aliphatic heterocycles. The zero-order valence-corrected chi connectivity index (χ0v) is 16.6. The molecule has 1 aromatic heterocycles. The summed E-state index contributed by atoms with van der Waals surface area (Å²) in [5.74, 6) is 0.613. The van der Waals surface area contributed by atoms with Crippen LogP contribution < -0.4 is 10.6 Å². The molecule has 28 heavy (non-hydrogen) atoms. The molecule has 0 spiro atoms. The van der Waals surface area contributed by atoms with Gasteiger partial charge < -0.3 is 15.4 Å². The van der Waals surface area contributed by atoms with Gasteiger partial charge >= 0.3 is 0 Å². The normalized spacial score (nSPS) is 21.5. The van der Waals surface area contributed by atoms with E-state index in [-0.39, 0.29) is 12.1 Å². The van der Waals surface area contributed by atoms with Crippen molar-refractivity contribution in [1.29, 1.82) is 0 Å². The minimum Gasteiger partial charge on any atom is -0.380 e. The lowest BCUT2D eigenvalue weighted by atomic mass is 9.97. The number of rotatable bonds is 3. The van der Waals surface area contributed by atoms with Crippen molar-refractivity contribution in [3.8, 4) is 11.1 Å². The van der Waals surface area contributed by atoms with Gasteiger partial charge in [0, 0.05) is 30.0 Å². The summed E-state index contributed by atoms with van der Waals surface area (Å²) in [6.45, 7) is 4.22. The van der Waals surface area contributed by atoms with Crippen LogP contribution >= 0.6 is 0 Å². The monoisotopic (exact) mass is 374 g/mol. The number of hydrogen-bond donors (Lipinski definition) is 2. The van der Waals surface area contributed by atoms with Gasteiger partial charge in [0.1, 0.15) is 6.29 Å². The Labute approximate surface area is 165 Å². The lowest BCUT2D eigenvalue weighted by Crippen LogP contribution is -2.25. The fourth-order valence-electron chi connectivity index (χ4n) is 4.42. The van der Waals surface area contributed by atoms with E-state index in [0.29, 0.717) is 5.92 Å². The van der Waals surface area contributed by atoms with Crippen molar-refractivity contribution in [2.45, 2.75) is 51.1 Å². The summed E-state index contributed by atoms with van der Waals surface area (Å²) < 4.78 is 2.00. The summed E-state index contributed by atoms with van der Waals surface area (Å²) in [7, 11) is 2.03. The average molecular weight is 374 g/mol. The molecule has 5 heteroatoms. The van der Waals surface area contributed by atoms with E-state index < -0.39 is 0 Å². The summed E-state index contributed by atoms with van der Waals surface area (Å²) in [4.78, 5) is 11.5. The molecule has 0 amide bonds. The lowest BCUT2D eigenvalue weighted by Gasteiger charge is -2.19. The summed E-state index contributed by atoms with van der Waals surface area (Å²) in [5.41, 5.74) is 8.04. The number of carbonyl (C=O) groups is 1. The first-order chi connectivity index (χ1) is 13.5. The number of nitrogens with one attached hydrogen (secondary N) is 2. The number of anilines is 2. The molecule has 2 N–H and O–H groups in total. The molecule has 5 nitrogen and oxygen atoms in total. The predicted molar refractivity (Wildman–Crippen MR) is 114 cm³/mol. The van der Waals surface area contributed by atoms with Crippen LogP contribution in [0.3, 0.4) is 0 Å². The van der Waals surface area contributed by atoms with E-state index in [2.05, 4.69) is 54.8 Å². The van der Waals surface area contributed by atoms with E-state index >= 15 is 0 Å². The van der Waals surface area contributed by atoms with E-state index in [9.17, 15) is 4.79 Å². The molecule has 144 valence electrons. The van der Waals surface area contributed by atoms with Gasteiger partial charge in [-0.05, 0) is 56.4 Å². The van der Waals surface area contributed by atoms with Crippen molar-refractivity contribution in [3.05, 3.63) is 41.6 Å². The molecule has 2 heterocycles. The molecule has 1 aliphatic carbocycles. The van der Waals surface area contributed by atoms with E-state index in [0.717, 1.165) is 29.6 Å². The Morgan fingerprint density at radius 2 is 1.96 bits per heavy atom. The molecular formula is C23H26N4O. The van der Waals surface area contributed by atoms with Gasteiger partial charge in [-0.1, -0.05) is 18.2 Å². The second kappa shape index (κ2) is 6.36. The van der Waals surface area contributed by atoms with Crippen LogP contribution in [0.2, 0.25) is 0 Å². The van der Waals surface area contributed by atoms with Crippen LogP contribution in [-0.4, -0.2) is 28.2 Å². The van der Waals surface area contributed by atoms with Crippen LogP contribution in [0.5, 0.6) is 0 Å². The van der Waals surface area contributed by atoms with E-state index in [1.807, 2.05) is 11.7 Å². The van der Waals surface area contributed by atoms with Gasteiger partial charge in [0.05, 0.1) is 28.6 Å². The fraction of sp³-hybridized carbons (Fsp3) is 0.391. The van der Waals surface area contributed by atoms with Gasteiger partial charge in [0.25, 0.3) is 0 Å². The largest absolute Gasteiger partial charge is 0.380 e. The Balaban J connectivity index is 1.68. The van der Waals surface area contributed by atoms with Gasteiger partial charge in [0.2, 0.25) is 0 Å². The molecule has 2 aromatic carbocycles. The maximum atomic E-state index is 11.5. The van der Waals surface area contributed by atoms with Gasteiger partial charge in [-0.2, -0.15) is 5.10 Å². The van der Waals surface area contributed by atoms with Crippen LogP contribution in [-0.2, 0) is 11.8 Å². The second-order valence-electron chi connectivity index (χ2n) is 8.36. The predicted octanol–water partition coefficient (Wildman–Crippen LogP) is 4.61. The molecule has 5 rings (SSSR count). The minimum atomic E-state index is -0.167. The highest BCUT2D eigenvalue weighted by atomic mass is 16.1. The Bertz CT molecular complexity index is 1080. The maximum Gasteiger partial charge on any atom is 0.142 e. The smallest absolute Gasteiger partial charge is 0.142 e. The van der Waals surface area contributed by atoms with Crippen LogP contribution in [0.1, 0.15) is 43.4 Å². The standard InChI is InChI=1S/C23H26N4O/c1-13-4-8-18(23-21(13)25-17(12-28)10-14(2)24-23)16-7-9-20-19(11-16)22(15-5-6-15)26-27(20)3/h4,7-9,11-12,14-15,17,24-25H,5-6,10H2,1-3H3/t14-,17?/m1/s1. The van der Waals surface area contributed by atoms with Gasteiger partial charge in [0.15, 0.2) is 0 Å². The summed E-state index contributed by atoms with van der Waals surface area (Å²) in [6, 6.07) is 11.0. The van der Waals surface area contributed by atoms with Crippen LogP contribution in [0.15, 0.2) is 30.3 Å². The van der Waals surface area contributed by atoms with Crippen LogP contribution in [0.4, 0.5) is 11.4 Å². The second-order valence-corrected chi connectivity index (χ2v) is 8.36. The molecule has 1 saturated carbocycles. The number of nitrogens with zero attached hydrogens (tertiary/aromatic N) is 2. The Morgan fingerprint density at radius 1 is 1.14 bits per heavy atom. The third-order valence-electron chi connectivity index (χ3n) is 6.06. The quantitative estimate of drug-likeness (QED) is 0.657. The average Bonchev–Trinajstić information content (AvgIpc) is 3.49. The topological polar surface area (TPSA) is 59.0 Å². The van der Waals surface area contributed by atoms with Crippen molar-refractivity contribution < 1.29 is 4.79 Å². The van der Waals surface area contributed by atoms with E-state index in [1.165, 1.54) is 40.6 Å². The highest BCUT2D eigenvalue weighted by Crippen LogP contribution is 2.44. The number of fused-ring (bicyclic) bond motifs is 2. The first-order valence-corrected chi connectivity index (χ1v) is 10.1. The minimum absolute atomic E-state index is 0.167. The number of benzene rings is 2. The number of aryl methyl sites for hydroxylation is 2. The van der Waals surface area contributed by atoms with Crippen molar-refractivity contribution in [2.24, 2.45) is 7.05 Å². The van der Waals surface area contributed by atoms with Crippen molar-refractivity contribution in [3.63, 3.8) is 0 Å². The lowest BCUT2D eigenvalue weighted by molar-refractivity contribution is -0.108. The van der Waals surface area contributed by atoms with Gasteiger partial charge in [-0.15, -0.1) is 0 Å². The van der Waals surface area contributed by atoms with Crippen molar-refractivity contribution in [1.82, 2.24) is 9.78 Å². The molecule has 2 aliphatic rings. The molecule has 1 fully saturated rings. The van der Waals surface area contributed by atoms with Gasteiger partial charge in [-0.25, -0.2) is 0 Å². The highest BCUT2D eigenvalue weighted by Gasteiger charge is 2.29. The number of aromatic nitrogens is 2. The Kier molecular flexibility index (Phi) is 3.93. The first kappa shape index (κ1) is 17.3. The third-order valence-corrected chi connectivity index (χ3v) is 6.06. The molecule has 0 saturated heterocycles. The fourth-order valence-corrected chi connectivity index (χ4v) is 4.42. The Morgan fingerprint density at radius 3 is 2.71 bits per heavy atom. The summed E-state index contributed by atoms with van der Waals surface area (Å²) in [5, 5.41) is 13.2. The molecular weight excluding hydrogens is 348 g/mol. The van der Waals surface area contributed by atoms with E-state index in [1.54, 1.807) is 0 Å². The summed E-state index contributed by atoms with van der Waals surface area (Å²) >= 11 is 0. The van der Waals surface area contributed by atoms with Crippen molar-refractivity contribution in [2.75, 3.05) is 10.6 Å². The zero-order valence-electron chi connectivity index (χ0n) is 16.6. The van der Waals surface area contributed by atoms with Crippen molar-refractivity contribution >= 4 is 28.6 Å². The first-order valence-electron chi connectivity index (χ1n) is 10.1. The van der Waals surface area contributed by atoms with Gasteiger partial charge in [-0.3, -0.25) is 4.68 Å². The number of aldehydes is 1.